The van der Waals surface area contributed by atoms with Gasteiger partial charge in [-0.05, 0) is 25.5 Å². The number of benzene rings is 1. The summed E-state index contributed by atoms with van der Waals surface area (Å²) < 4.78 is 39.1. The first-order valence-electron chi connectivity index (χ1n) is 6.63. The predicted molar refractivity (Wildman–Crippen MR) is 73.5 cm³/mol. The Morgan fingerprint density at radius 1 is 1.23 bits per heavy atom. The molecule has 0 aromatic heterocycles. The molecule has 1 rings (SSSR count). The molecule has 0 aliphatic heterocycles. The molecule has 1 aromatic carbocycles. The summed E-state index contributed by atoms with van der Waals surface area (Å²) >= 11 is 0. The van der Waals surface area contributed by atoms with Crippen LogP contribution < -0.4 is 10.6 Å². The van der Waals surface area contributed by atoms with Gasteiger partial charge in [0.15, 0.2) is 17.5 Å². The second-order valence-corrected chi connectivity index (χ2v) is 4.98. The third-order valence-electron chi connectivity index (χ3n) is 2.94. The van der Waals surface area contributed by atoms with Crippen LogP contribution in [0.25, 0.3) is 0 Å². The minimum Gasteiger partial charge on any atom is -0.380 e. The van der Waals surface area contributed by atoms with E-state index in [0.29, 0.717) is 12.5 Å². The van der Waals surface area contributed by atoms with Crippen LogP contribution >= 0.6 is 0 Å². The van der Waals surface area contributed by atoms with E-state index in [1.807, 2.05) is 5.32 Å². The second kappa shape index (κ2) is 7.26. The van der Waals surface area contributed by atoms with E-state index in [4.69, 9.17) is 0 Å². The summed E-state index contributed by atoms with van der Waals surface area (Å²) in [5.41, 5.74) is -2.17. The van der Waals surface area contributed by atoms with E-state index >= 15 is 0 Å². The molecule has 122 valence electrons. The van der Waals surface area contributed by atoms with E-state index in [1.54, 1.807) is 6.92 Å². The maximum Gasteiger partial charge on any atom is 0.252 e. The minimum atomic E-state index is -1.70. The highest BCUT2D eigenvalue weighted by molar-refractivity contribution is 5.95. The highest BCUT2D eigenvalue weighted by Gasteiger charge is 2.29. The number of hydrogen-bond acceptors (Lipinski definition) is 3. The Hall–Kier alpha value is -2.09. The van der Waals surface area contributed by atoms with Crippen molar-refractivity contribution in [2.24, 2.45) is 0 Å². The lowest BCUT2D eigenvalue weighted by molar-refractivity contribution is -0.139. The highest BCUT2D eigenvalue weighted by atomic mass is 19.2. The molecular formula is C14H17F3N2O3. The van der Waals surface area contributed by atoms with Gasteiger partial charge >= 0.3 is 0 Å². The molecule has 2 amide bonds. The largest absolute Gasteiger partial charge is 0.380 e. The van der Waals surface area contributed by atoms with Gasteiger partial charge < -0.3 is 15.7 Å². The summed E-state index contributed by atoms with van der Waals surface area (Å²) in [5.74, 6) is -6.20. The molecule has 1 aromatic rings. The van der Waals surface area contributed by atoms with Crippen molar-refractivity contribution in [3.63, 3.8) is 0 Å². The Morgan fingerprint density at radius 2 is 1.86 bits per heavy atom. The molecule has 3 N–H and O–H groups in total. The molecule has 22 heavy (non-hydrogen) atoms. The smallest absolute Gasteiger partial charge is 0.252 e. The van der Waals surface area contributed by atoms with Crippen LogP contribution in [0.1, 0.15) is 26.7 Å². The second-order valence-electron chi connectivity index (χ2n) is 4.98. The summed E-state index contributed by atoms with van der Waals surface area (Å²) in [6.45, 7) is 2.54. The molecule has 5 nitrogen and oxygen atoms in total. The van der Waals surface area contributed by atoms with Gasteiger partial charge in [-0.2, -0.15) is 0 Å². The average Bonchev–Trinajstić information content (AvgIpc) is 2.45. The van der Waals surface area contributed by atoms with E-state index in [-0.39, 0.29) is 6.42 Å². The van der Waals surface area contributed by atoms with Crippen LogP contribution in [-0.2, 0) is 9.59 Å². The molecule has 0 aliphatic carbocycles. The SMILES string of the molecule is CCC[C@@](C)(O)C(=O)NCC(=O)Nc1ccc(F)c(F)c1F. The maximum absolute atomic E-state index is 13.4. The number of aliphatic hydroxyl groups is 1. The number of nitrogens with one attached hydrogen (secondary N) is 2. The Morgan fingerprint density at radius 3 is 2.45 bits per heavy atom. The molecule has 0 aliphatic rings. The van der Waals surface area contributed by atoms with Crippen molar-refractivity contribution in [2.45, 2.75) is 32.3 Å². The van der Waals surface area contributed by atoms with Crippen molar-refractivity contribution < 1.29 is 27.9 Å². The van der Waals surface area contributed by atoms with Crippen molar-refractivity contribution in [3.8, 4) is 0 Å². The number of carbonyl (C=O) groups is 2. The van der Waals surface area contributed by atoms with Crippen LogP contribution in [0.5, 0.6) is 0 Å². The lowest BCUT2D eigenvalue weighted by Crippen LogP contribution is -2.46. The van der Waals surface area contributed by atoms with Crippen LogP contribution in [-0.4, -0.2) is 29.1 Å². The third-order valence-corrected chi connectivity index (χ3v) is 2.94. The van der Waals surface area contributed by atoms with Gasteiger partial charge in [-0.15, -0.1) is 0 Å². The van der Waals surface area contributed by atoms with Crippen molar-refractivity contribution in [1.82, 2.24) is 5.32 Å². The first kappa shape index (κ1) is 18.0. The summed E-state index contributed by atoms with van der Waals surface area (Å²) in [4.78, 5) is 23.2. The lowest BCUT2D eigenvalue weighted by Gasteiger charge is -2.21. The number of amides is 2. The fraction of sp³-hybridized carbons (Fsp3) is 0.429. The zero-order valence-corrected chi connectivity index (χ0v) is 12.2. The van der Waals surface area contributed by atoms with E-state index in [2.05, 4.69) is 5.32 Å². The first-order valence-corrected chi connectivity index (χ1v) is 6.63. The zero-order chi connectivity index (χ0) is 16.9. The molecule has 0 unspecified atom stereocenters. The monoisotopic (exact) mass is 318 g/mol. The van der Waals surface area contributed by atoms with Crippen LogP contribution in [0.4, 0.5) is 18.9 Å². The summed E-state index contributed by atoms with van der Waals surface area (Å²) in [7, 11) is 0. The van der Waals surface area contributed by atoms with Crippen LogP contribution in [0, 0.1) is 17.5 Å². The van der Waals surface area contributed by atoms with E-state index in [0.717, 1.165) is 6.07 Å². The summed E-state index contributed by atoms with van der Waals surface area (Å²) in [6.07, 6.45) is 0.769. The topological polar surface area (TPSA) is 78.4 Å². The van der Waals surface area contributed by atoms with Crippen LogP contribution in [0.2, 0.25) is 0 Å². The molecular weight excluding hydrogens is 301 g/mol. The number of hydrogen-bond donors (Lipinski definition) is 3. The molecule has 0 fully saturated rings. The maximum atomic E-state index is 13.4. The first-order chi connectivity index (χ1) is 10.2. The van der Waals surface area contributed by atoms with Crippen molar-refractivity contribution in [3.05, 3.63) is 29.6 Å². The number of anilines is 1. The van der Waals surface area contributed by atoms with Gasteiger partial charge in [0.1, 0.15) is 5.60 Å². The van der Waals surface area contributed by atoms with Gasteiger partial charge in [0.2, 0.25) is 5.91 Å². The molecule has 0 radical (unpaired) electrons. The van der Waals surface area contributed by atoms with E-state index in [1.165, 1.54) is 6.92 Å². The molecule has 0 spiro atoms. The van der Waals surface area contributed by atoms with Crippen LogP contribution in [0.15, 0.2) is 12.1 Å². The van der Waals surface area contributed by atoms with Crippen molar-refractivity contribution in [2.75, 3.05) is 11.9 Å². The fourth-order valence-corrected chi connectivity index (χ4v) is 1.77. The average molecular weight is 318 g/mol. The molecule has 0 heterocycles. The summed E-state index contributed by atoms with van der Waals surface area (Å²) in [6, 6.07) is 1.53. The minimum absolute atomic E-state index is 0.207. The van der Waals surface area contributed by atoms with Crippen molar-refractivity contribution >= 4 is 17.5 Å². The Labute approximate surface area is 125 Å². The highest BCUT2D eigenvalue weighted by Crippen LogP contribution is 2.19. The predicted octanol–water partition coefficient (Wildman–Crippen LogP) is 1.71. The number of halogens is 3. The van der Waals surface area contributed by atoms with E-state index < -0.39 is 47.1 Å². The Bertz CT molecular complexity index is 577. The molecule has 0 saturated carbocycles. The molecule has 1 atom stereocenters. The molecule has 0 bridgehead atoms. The van der Waals surface area contributed by atoms with E-state index in [9.17, 15) is 27.9 Å². The van der Waals surface area contributed by atoms with Gasteiger partial charge in [-0.1, -0.05) is 13.3 Å². The van der Waals surface area contributed by atoms with Gasteiger partial charge in [-0.3, -0.25) is 9.59 Å². The fourth-order valence-electron chi connectivity index (χ4n) is 1.77. The number of carbonyl (C=O) groups excluding carboxylic acids is 2. The Kier molecular flexibility index (Phi) is 5.92. The zero-order valence-electron chi connectivity index (χ0n) is 12.2. The van der Waals surface area contributed by atoms with Gasteiger partial charge in [0.25, 0.3) is 5.91 Å². The van der Waals surface area contributed by atoms with Gasteiger partial charge in [0.05, 0.1) is 12.2 Å². The number of rotatable bonds is 6. The molecule has 8 heteroatoms. The molecule has 0 saturated heterocycles. The van der Waals surface area contributed by atoms with Gasteiger partial charge in [0, 0.05) is 0 Å². The lowest BCUT2D eigenvalue weighted by atomic mass is 10.00. The van der Waals surface area contributed by atoms with Gasteiger partial charge in [-0.25, -0.2) is 13.2 Å². The Balaban J connectivity index is 2.61. The summed E-state index contributed by atoms with van der Waals surface area (Å²) in [5, 5.41) is 14.0. The third kappa shape index (κ3) is 4.45. The normalized spacial score (nSPS) is 13.4. The van der Waals surface area contributed by atoms with Crippen LogP contribution in [0.3, 0.4) is 0 Å². The van der Waals surface area contributed by atoms with Crippen molar-refractivity contribution in [1.29, 1.82) is 0 Å². The standard InChI is InChI=1S/C14H17F3N2O3/c1-3-6-14(2,22)13(21)18-7-10(20)19-9-5-4-8(15)11(16)12(9)17/h4-5,22H,3,6-7H2,1-2H3,(H,18,21)(H,19,20)/t14-/m1/s1. The quantitative estimate of drug-likeness (QED) is 0.699.